The Bertz CT molecular complexity index is 391. The first-order valence-electron chi connectivity index (χ1n) is 6.15. The van der Waals surface area contributed by atoms with Gasteiger partial charge in [0.1, 0.15) is 0 Å². The largest absolute Gasteiger partial charge is 0.368 e. The molecule has 0 amide bonds. The zero-order valence-electron chi connectivity index (χ0n) is 10.9. The Morgan fingerprint density at radius 1 is 1.28 bits per heavy atom. The Balaban J connectivity index is 1.95. The first-order valence-corrected chi connectivity index (χ1v) is 7.31. The van der Waals surface area contributed by atoms with Crippen LogP contribution in [0, 0.1) is 5.92 Å². The Labute approximate surface area is 112 Å². The number of aromatic nitrogens is 3. The molecule has 6 nitrogen and oxygen atoms in total. The third-order valence-electron chi connectivity index (χ3n) is 2.93. The molecule has 1 aliphatic rings. The predicted molar refractivity (Wildman–Crippen MR) is 77.1 cm³/mol. The van der Waals surface area contributed by atoms with Crippen LogP contribution >= 0.6 is 11.8 Å². The molecular weight excluding hydrogens is 248 g/mol. The molecule has 0 bridgehead atoms. The number of nitrogens with two attached hydrogens (primary N) is 1. The monoisotopic (exact) mass is 268 g/mol. The zero-order chi connectivity index (χ0) is 13.0. The van der Waals surface area contributed by atoms with Gasteiger partial charge in [-0.25, -0.2) is 0 Å². The average Bonchev–Trinajstić information content (AvgIpc) is 2.37. The molecule has 0 unspecified atom stereocenters. The van der Waals surface area contributed by atoms with Crippen LogP contribution in [0.4, 0.5) is 17.8 Å². The second kappa shape index (κ2) is 6.08. The first kappa shape index (κ1) is 13.2. The van der Waals surface area contributed by atoms with E-state index in [0.29, 0.717) is 17.8 Å². The molecule has 100 valence electrons. The van der Waals surface area contributed by atoms with Crippen molar-refractivity contribution in [2.24, 2.45) is 5.92 Å². The molecule has 0 spiro atoms. The number of thioether (sulfide) groups is 1. The van der Waals surface area contributed by atoms with E-state index in [2.05, 4.69) is 20.3 Å². The van der Waals surface area contributed by atoms with Gasteiger partial charge in [-0.15, -0.1) is 0 Å². The van der Waals surface area contributed by atoms with Crippen LogP contribution in [0.3, 0.4) is 0 Å². The number of rotatable bonds is 4. The fourth-order valence-corrected chi connectivity index (χ4v) is 3.05. The fraction of sp³-hybridized carbons (Fsp3) is 0.727. The van der Waals surface area contributed by atoms with E-state index < -0.39 is 0 Å². The summed E-state index contributed by atoms with van der Waals surface area (Å²) in [6, 6.07) is 0. The smallest absolute Gasteiger partial charge is 0.231 e. The van der Waals surface area contributed by atoms with Gasteiger partial charge < -0.3 is 16.0 Å². The zero-order valence-corrected chi connectivity index (χ0v) is 11.7. The Kier molecular flexibility index (Phi) is 4.46. The number of nitrogens with zero attached hydrogens (tertiary/aromatic N) is 4. The minimum absolute atomic E-state index is 0.260. The molecule has 7 heteroatoms. The molecule has 2 heterocycles. The summed E-state index contributed by atoms with van der Waals surface area (Å²) < 4.78 is 0. The third kappa shape index (κ3) is 3.63. The molecule has 1 fully saturated rings. The van der Waals surface area contributed by atoms with Gasteiger partial charge in [-0.2, -0.15) is 26.7 Å². The van der Waals surface area contributed by atoms with Crippen molar-refractivity contribution >= 4 is 29.6 Å². The van der Waals surface area contributed by atoms with Crippen LogP contribution in [-0.2, 0) is 0 Å². The van der Waals surface area contributed by atoms with Crippen molar-refractivity contribution < 1.29 is 0 Å². The summed E-state index contributed by atoms with van der Waals surface area (Å²) in [5.41, 5.74) is 5.67. The first-order chi connectivity index (χ1) is 8.65. The standard InChI is InChI=1S/C11H20N6S/c1-17(2)11-15-9(12)14-10(16-11)13-7-8-3-5-18-6-4-8/h8H,3-7H2,1-2H3,(H3,12,13,14,15,16). The highest BCUT2D eigenvalue weighted by Gasteiger charge is 2.14. The van der Waals surface area contributed by atoms with Gasteiger partial charge in [-0.05, 0) is 30.3 Å². The third-order valence-corrected chi connectivity index (χ3v) is 3.98. The topological polar surface area (TPSA) is 80.0 Å². The fourth-order valence-electron chi connectivity index (χ4n) is 1.85. The molecule has 0 atom stereocenters. The van der Waals surface area contributed by atoms with Gasteiger partial charge in [0.05, 0.1) is 0 Å². The maximum atomic E-state index is 5.67. The molecule has 0 aromatic carbocycles. The molecule has 3 N–H and O–H groups in total. The van der Waals surface area contributed by atoms with Gasteiger partial charge >= 0.3 is 0 Å². The highest BCUT2D eigenvalue weighted by atomic mass is 32.2. The second-order valence-corrected chi connectivity index (χ2v) is 5.87. The second-order valence-electron chi connectivity index (χ2n) is 4.65. The van der Waals surface area contributed by atoms with Crippen LogP contribution in [0.15, 0.2) is 0 Å². The molecule has 1 saturated heterocycles. The molecule has 1 aromatic heterocycles. The molecule has 1 aliphatic heterocycles. The summed E-state index contributed by atoms with van der Waals surface area (Å²) in [5.74, 6) is 4.65. The van der Waals surface area contributed by atoms with E-state index in [1.807, 2.05) is 30.8 Å². The Morgan fingerprint density at radius 3 is 2.67 bits per heavy atom. The van der Waals surface area contributed by atoms with E-state index in [-0.39, 0.29) is 5.95 Å². The molecule has 0 radical (unpaired) electrons. The van der Waals surface area contributed by atoms with Gasteiger partial charge in [-0.1, -0.05) is 0 Å². The summed E-state index contributed by atoms with van der Waals surface area (Å²) >= 11 is 2.03. The molecule has 2 rings (SSSR count). The number of hydrogen-bond acceptors (Lipinski definition) is 7. The lowest BCUT2D eigenvalue weighted by Gasteiger charge is -2.21. The molecule has 1 aromatic rings. The highest BCUT2D eigenvalue weighted by Crippen LogP contribution is 2.22. The van der Waals surface area contributed by atoms with Gasteiger partial charge in [0.25, 0.3) is 0 Å². The van der Waals surface area contributed by atoms with Gasteiger partial charge in [0, 0.05) is 20.6 Å². The summed E-state index contributed by atoms with van der Waals surface area (Å²) in [4.78, 5) is 14.3. The van der Waals surface area contributed by atoms with Crippen molar-refractivity contribution in [3.05, 3.63) is 0 Å². The average molecular weight is 268 g/mol. The lowest BCUT2D eigenvalue weighted by molar-refractivity contribution is 0.514. The van der Waals surface area contributed by atoms with E-state index in [9.17, 15) is 0 Å². The van der Waals surface area contributed by atoms with Crippen LogP contribution in [0.2, 0.25) is 0 Å². The van der Waals surface area contributed by atoms with E-state index in [1.54, 1.807) is 0 Å². The van der Waals surface area contributed by atoms with Crippen LogP contribution in [-0.4, -0.2) is 47.1 Å². The number of nitrogen functional groups attached to an aromatic ring is 1. The van der Waals surface area contributed by atoms with Crippen molar-refractivity contribution in [1.82, 2.24) is 15.0 Å². The van der Waals surface area contributed by atoms with Crippen LogP contribution in [0.1, 0.15) is 12.8 Å². The highest BCUT2D eigenvalue weighted by molar-refractivity contribution is 7.99. The van der Waals surface area contributed by atoms with Gasteiger partial charge in [-0.3, -0.25) is 0 Å². The van der Waals surface area contributed by atoms with E-state index in [0.717, 1.165) is 6.54 Å². The lowest BCUT2D eigenvalue weighted by atomic mass is 10.0. The van der Waals surface area contributed by atoms with Crippen LogP contribution in [0.25, 0.3) is 0 Å². The minimum Gasteiger partial charge on any atom is -0.368 e. The van der Waals surface area contributed by atoms with E-state index in [4.69, 9.17) is 5.73 Å². The number of nitrogens with one attached hydrogen (secondary N) is 1. The van der Waals surface area contributed by atoms with Crippen LogP contribution in [0.5, 0.6) is 0 Å². The van der Waals surface area contributed by atoms with Gasteiger partial charge in [0.15, 0.2) is 0 Å². The summed E-state index contributed by atoms with van der Waals surface area (Å²) in [6.07, 6.45) is 2.53. The van der Waals surface area contributed by atoms with Crippen molar-refractivity contribution in [1.29, 1.82) is 0 Å². The minimum atomic E-state index is 0.260. The molecule has 0 aliphatic carbocycles. The molecule has 0 saturated carbocycles. The van der Waals surface area contributed by atoms with Crippen molar-refractivity contribution in [2.45, 2.75) is 12.8 Å². The van der Waals surface area contributed by atoms with Crippen molar-refractivity contribution in [3.8, 4) is 0 Å². The number of hydrogen-bond donors (Lipinski definition) is 2. The maximum absolute atomic E-state index is 5.67. The predicted octanol–water partition coefficient (Wildman–Crippen LogP) is 1.07. The Morgan fingerprint density at radius 2 is 2.00 bits per heavy atom. The van der Waals surface area contributed by atoms with E-state index in [1.165, 1.54) is 24.3 Å². The SMILES string of the molecule is CN(C)c1nc(N)nc(NCC2CCSCC2)n1. The van der Waals surface area contributed by atoms with Crippen LogP contribution < -0.4 is 16.0 Å². The van der Waals surface area contributed by atoms with Gasteiger partial charge in [0.2, 0.25) is 17.8 Å². The quantitative estimate of drug-likeness (QED) is 0.845. The van der Waals surface area contributed by atoms with Crippen molar-refractivity contribution in [2.75, 3.05) is 48.1 Å². The normalized spacial score (nSPS) is 16.6. The van der Waals surface area contributed by atoms with E-state index >= 15 is 0 Å². The molecular formula is C11H20N6S. The summed E-state index contributed by atoms with van der Waals surface area (Å²) in [7, 11) is 3.77. The maximum Gasteiger partial charge on any atom is 0.231 e. The summed E-state index contributed by atoms with van der Waals surface area (Å²) in [6.45, 7) is 0.914. The summed E-state index contributed by atoms with van der Waals surface area (Å²) in [5, 5.41) is 3.27. The number of anilines is 3. The molecule has 18 heavy (non-hydrogen) atoms. The van der Waals surface area contributed by atoms with Crippen molar-refractivity contribution in [3.63, 3.8) is 0 Å². The Hall–Kier alpha value is -1.24. The lowest BCUT2D eigenvalue weighted by Crippen LogP contribution is -2.21.